The van der Waals surface area contributed by atoms with Gasteiger partial charge in [0.05, 0.1) is 5.69 Å². The first kappa shape index (κ1) is 15.4. The van der Waals surface area contributed by atoms with E-state index in [0.29, 0.717) is 16.1 Å². The molecule has 1 heterocycles. The largest absolute Gasteiger partial charge is 0.756 e. The lowest BCUT2D eigenvalue weighted by Gasteiger charge is -2.24. The fourth-order valence-electron chi connectivity index (χ4n) is 2.51. The van der Waals surface area contributed by atoms with Crippen molar-refractivity contribution in [1.82, 2.24) is 9.97 Å². The van der Waals surface area contributed by atoms with E-state index in [1.165, 1.54) is 13.1 Å². The molecule has 2 aromatic carbocycles. The zero-order chi connectivity index (χ0) is 16.6. The molecule has 0 aliphatic rings. The molecule has 0 radical (unpaired) electrons. The summed E-state index contributed by atoms with van der Waals surface area (Å²) in [5, 5.41) is 13.6. The van der Waals surface area contributed by atoms with Crippen LogP contribution in [-0.4, -0.2) is 17.0 Å². The highest BCUT2D eigenvalue weighted by atomic mass is 19.1. The van der Waals surface area contributed by atoms with Crippen LogP contribution in [0, 0.1) is 11.0 Å². The molecule has 0 aliphatic heterocycles. The van der Waals surface area contributed by atoms with Crippen molar-refractivity contribution in [3.05, 3.63) is 59.2 Å². The molecular weight excluding hydrogens is 293 g/mol. The summed E-state index contributed by atoms with van der Waals surface area (Å²) in [6.07, 6.45) is 0. The zero-order valence-corrected chi connectivity index (χ0v) is 13.2. The van der Waals surface area contributed by atoms with Gasteiger partial charge in [-0.05, 0) is 36.6 Å². The first-order chi connectivity index (χ1) is 11.0. The van der Waals surface area contributed by atoms with Gasteiger partial charge in [0.15, 0.2) is 0 Å². The highest BCUT2D eigenvalue weighted by Crippen LogP contribution is 2.31. The van der Waals surface area contributed by atoms with Gasteiger partial charge in [-0.15, -0.1) is 0 Å². The van der Waals surface area contributed by atoms with Crippen LogP contribution in [-0.2, 0) is 0 Å². The lowest BCUT2D eigenvalue weighted by molar-refractivity contribution is 0.640. The minimum Gasteiger partial charge on any atom is -0.756 e. The summed E-state index contributed by atoms with van der Waals surface area (Å²) < 4.78 is 14.0. The molecule has 0 amide bonds. The van der Waals surface area contributed by atoms with Crippen LogP contribution < -0.4 is 5.06 Å². The fourth-order valence-corrected chi connectivity index (χ4v) is 2.51. The van der Waals surface area contributed by atoms with Crippen LogP contribution in [0.4, 0.5) is 10.3 Å². The minimum atomic E-state index is -0.274. The maximum atomic E-state index is 14.0. The maximum absolute atomic E-state index is 14.0. The van der Waals surface area contributed by atoms with Gasteiger partial charge < -0.3 is 10.3 Å². The van der Waals surface area contributed by atoms with Crippen LogP contribution in [0.3, 0.4) is 0 Å². The van der Waals surface area contributed by atoms with Crippen molar-refractivity contribution in [3.8, 4) is 11.3 Å². The Kier molecular flexibility index (Phi) is 3.96. The normalized spacial score (nSPS) is 11.2. The molecule has 0 N–H and O–H groups in total. The van der Waals surface area contributed by atoms with Gasteiger partial charge in [0.2, 0.25) is 5.95 Å². The van der Waals surface area contributed by atoms with Crippen molar-refractivity contribution in [3.63, 3.8) is 0 Å². The molecule has 0 saturated heterocycles. The number of hydroxylamine groups is 1. The monoisotopic (exact) mass is 310 g/mol. The average molecular weight is 310 g/mol. The summed E-state index contributed by atoms with van der Waals surface area (Å²) in [4.78, 5) is 8.63. The molecule has 0 spiro atoms. The number of nitrogens with zero attached hydrogens (tertiary/aromatic N) is 3. The smallest absolute Gasteiger partial charge is 0.215 e. The molecule has 0 aliphatic carbocycles. The predicted molar refractivity (Wildman–Crippen MR) is 90.8 cm³/mol. The summed E-state index contributed by atoms with van der Waals surface area (Å²) in [5.41, 5.74) is 2.19. The Bertz CT molecular complexity index is 836. The van der Waals surface area contributed by atoms with Gasteiger partial charge >= 0.3 is 0 Å². The third kappa shape index (κ3) is 2.87. The Morgan fingerprint density at radius 2 is 1.74 bits per heavy atom. The first-order valence-corrected chi connectivity index (χ1v) is 7.45. The van der Waals surface area contributed by atoms with Crippen molar-refractivity contribution < 1.29 is 4.39 Å². The molecule has 3 rings (SSSR count). The zero-order valence-electron chi connectivity index (χ0n) is 13.2. The van der Waals surface area contributed by atoms with Crippen molar-refractivity contribution in [2.45, 2.75) is 19.8 Å². The first-order valence-electron chi connectivity index (χ1n) is 7.45. The van der Waals surface area contributed by atoms with Crippen LogP contribution in [0.5, 0.6) is 0 Å². The summed E-state index contributed by atoms with van der Waals surface area (Å²) in [6, 6.07) is 12.2. The van der Waals surface area contributed by atoms with Crippen molar-refractivity contribution >= 4 is 16.7 Å². The van der Waals surface area contributed by atoms with Gasteiger partial charge in [-0.1, -0.05) is 38.1 Å². The van der Waals surface area contributed by atoms with E-state index in [4.69, 9.17) is 0 Å². The topological polar surface area (TPSA) is 52.1 Å². The third-order valence-electron chi connectivity index (χ3n) is 3.75. The van der Waals surface area contributed by atoms with E-state index in [0.717, 1.165) is 16.6 Å². The Morgan fingerprint density at radius 1 is 1.04 bits per heavy atom. The third-order valence-corrected chi connectivity index (χ3v) is 3.75. The van der Waals surface area contributed by atoms with Crippen LogP contribution in [0.15, 0.2) is 42.5 Å². The summed E-state index contributed by atoms with van der Waals surface area (Å²) >= 11 is 0. The highest BCUT2D eigenvalue weighted by molar-refractivity contribution is 5.96. The molecule has 1 aromatic heterocycles. The van der Waals surface area contributed by atoms with Crippen LogP contribution in [0.1, 0.15) is 25.5 Å². The molecule has 118 valence electrons. The van der Waals surface area contributed by atoms with Gasteiger partial charge in [0.25, 0.3) is 0 Å². The molecule has 5 heteroatoms. The van der Waals surface area contributed by atoms with E-state index >= 15 is 0 Å². The second-order valence-electron chi connectivity index (χ2n) is 5.77. The van der Waals surface area contributed by atoms with Crippen molar-refractivity contribution in [1.29, 1.82) is 0 Å². The number of rotatable bonds is 3. The highest BCUT2D eigenvalue weighted by Gasteiger charge is 2.13. The van der Waals surface area contributed by atoms with E-state index in [9.17, 15) is 9.60 Å². The molecule has 0 bridgehead atoms. The van der Waals surface area contributed by atoms with E-state index in [2.05, 4.69) is 9.97 Å². The number of benzene rings is 2. The molecule has 0 fully saturated rings. The lowest BCUT2D eigenvalue weighted by Crippen LogP contribution is -2.12. The molecule has 23 heavy (non-hydrogen) atoms. The Labute approximate surface area is 134 Å². The average Bonchev–Trinajstić information content (AvgIpc) is 2.55. The van der Waals surface area contributed by atoms with Gasteiger partial charge in [-0.3, -0.25) is 0 Å². The number of halogens is 1. The van der Waals surface area contributed by atoms with E-state index in [1.54, 1.807) is 18.2 Å². The number of hydrogen-bond acceptors (Lipinski definition) is 4. The van der Waals surface area contributed by atoms with Crippen LogP contribution >= 0.6 is 0 Å². The van der Waals surface area contributed by atoms with Crippen molar-refractivity contribution in [2.75, 3.05) is 12.1 Å². The lowest BCUT2D eigenvalue weighted by atomic mass is 10.00. The van der Waals surface area contributed by atoms with Gasteiger partial charge in [-0.25, -0.2) is 14.4 Å². The molecule has 0 saturated carbocycles. The molecule has 0 unspecified atom stereocenters. The van der Waals surface area contributed by atoms with E-state index < -0.39 is 0 Å². The molecule has 4 nitrogen and oxygen atoms in total. The van der Waals surface area contributed by atoms with E-state index in [1.807, 2.05) is 32.0 Å². The summed E-state index contributed by atoms with van der Waals surface area (Å²) in [7, 11) is 1.37. The van der Waals surface area contributed by atoms with Crippen LogP contribution in [0.25, 0.3) is 22.0 Å². The summed E-state index contributed by atoms with van der Waals surface area (Å²) in [5.74, 6) is -0.00887. The number of hydrogen-bond donors (Lipinski definition) is 0. The molecule has 0 atom stereocenters. The van der Waals surface area contributed by atoms with Gasteiger partial charge in [0, 0.05) is 16.6 Å². The SMILES string of the molecule is CC(C)c1cc(-c2ccc(F)c3ccccc23)nc(N(C)[O-])n1. The van der Waals surface area contributed by atoms with Gasteiger partial charge in [-0.2, -0.15) is 0 Å². The number of aromatic nitrogens is 2. The predicted octanol–water partition coefficient (Wildman–Crippen LogP) is 4.49. The Hall–Kier alpha value is -2.53. The number of anilines is 1. The second-order valence-corrected chi connectivity index (χ2v) is 5.77. The Morgan fingerprint density at radius 3 is 2.39 bits per heavy atom. The summed E-state index contributed by atoms with van der Waals surface area (Å²) in [6.45, 7) is 4.01. The maximum Gasteiger partial charge on any atom is 0.215 e. The Balaban J connectivity index is 2.28. The van der Waals surface area contributed by atoms with Gasteiger partial charge in [0.1, 0.15) is 5.82 Å². The quantitative estimate of drug-likeness (QED) is 0.669. The van der Waals surface area contributed by atoms with Crippen molar-refractivity contribution in [2.24, 2.45) is 0 Å². The van der Waals surface area contributed by atoms with Crippen LogP contribution in [0.2, 0.25) is 0 Å². The molecular formula is C18H17FN3O-. The minimum absolute atomic E-state index is 0.111. The fraction of sp³-hybridized carbons (Fsp3) is 0.222. The number of fused-ring (bicyclic) bond motifs is 1. The molecule has 3 aromatic rings. The standard InChI is InChI=1S/C18H17FN3O/c1-11(2)16-10-17(21-18(20-16)22(3)23)14-8-9-15(19)13-7-5-4-6-12(13)14/h4-11H,1-3H3/q-1. The van der Waals surface area contributed by atoms with E-state index in [-0.39, 0.29) is 17.7 Å². The second kappa shape index (κ2) is 5.93.